The molecule has 0 fully saturated rings. The molecule has 11 heteroatoms. The number of fused-ring (bicyclic) bond motifs is 1. The fourth-order valence-corrected chi connectivity index (χ4v) is 4.23. The Morgan fingerprint density at radius 2 is 1.60 bits per heavy atom. The minimum atomic E-state index is -0.769. The van der Waals surface area contributed by atoms with Gasteiger partial charge >= 0.3 is 0 Å². The van der Waals surface area contributed by atoms with Crippen molar-refractivity contribution in [3.05, 3.63) is 114 Å². The Kier molecular flexibility index (Phi) is 7.91. The molecule has 0 saturated heterocycles. The summed E-state index contributed by atoms with van der Waals surface area (Å²) in [4.78, 5) is 30.4. The van der Waals surface area contributed by atoms with Gasteiger partial charge in [0.05, 0.1) is 6.20 Å². The average molecular weight is 569 g/mol. The molecule has 2 amide bonds. The maximum absolute atomic E-state index is 15.2. The molecule has 3 heterocycles. The summed E-state index contributed by atoms with van der Waals surface area (Å²) in [6.45, 7) is 3.45. The van der Waals surface area contributed by atoms with E-state index in [1.807, 2.05) is 25.1 Å². The van der Waals surface area contributed by atoms with E-state index in [2.05, 4.69) is 26.0 Å². The van der Waals surface area contributed by atoms with Gasteiger partial charge in [0.15, 0.2) is 17.3 Å². The van der Waals surface area contributed by atoms with Gasteiger partial charge in [0.25, 0.3) is 11.8 Å². The van der Waals surface area contributed by atoms with Crippen LogP contribution in [0.2, 0.25) is 0 Å². The fourth-order valence-electron chi connectivity index (χ4n) is 4.23. The van der Waals surface area contributed by atoms with E-state index < -0.39 is 23.4 Å². The Labute approximate surface area is 239 Å². The van der Waals surface area contributed by atoms with Gasteiger partial charge in [-0.3, -0.25) is 14.6 Å². The molecule has 0 atom stereocenters. The number of carbonyl (C=O) groups excluding carboxylic acids is 2. The van der Waals surface area contributed by atoms with Crippen LogP contribution in [0.25, 0.3) is 16.6 Å². The highest BCUT2D eigenvalue weighted by Crippen LogP contribution is 2.35. The van der Waals surface area contributed by atoms with Gasteiger partial charge in [-0.15, -0.1) is 0 Å². The number of aromatic nitrogens is 3. The number of carbonyl (C=O) groups is 2. The van der Waals surface area contributed by atoms with Crippen molar-refractivity contribution >= 4 is 28.7 Å². The third kappa shape index (κ3) is 5.94. The lowest BCUT2D eigenvalue weighted by atomic mass is 10.1. The lowest BCUT2D eigenvalue weighted by molar-refractivity contribution is -0.118. The molecule has 0 radical (unpaired) electrons. The summed E-state index contributed by atoms with van der Waals surface area (Å²) in [6, 6.07) is 16.4. The lowest BCUT2D eigenvalue weighted by Gasteiger charge is -2.14. The van der Waals surface area contributed by atoms with Gasteiger partial charge < -0.3 is 20.7 Å². The van der Waals surface area contributed by atoms with Crippen LogP contribution in [-0.4, -0.2) is 33.5 Å². The standard InChI is InChI=1S/C31H26F2N6O3/c1-18-4-5-20(17-35-18)24-13-15-39-29(24)27(12-14-36-39)42-26-11-10-23(16-25(26)33)38-31(41)28(19(2)34-3)30(40)37-22-8-6-21(32)7-9-22/h4-17,34H,1-3H3,(H,37,40)(H,38,41)/b28-19+. The van der Waals surface area contributed by atoms with E-state index in [-0.39, 0.29) is 22.7 Å². The smallest absolute Gasteiger partial charge is 0.263 e. The maximum atomic E-state index is 15.2. The van der Waals surface area contributed by atoms with Crippen molar-refractivity contribution < 1.29 is 23.1 Å². The SMILES string of the molecule is CN/C(C)=C(\C(=O)Nc1ccc(F)cc1)C(=O)Nc1ccc(Oc2ccnn3ccc(-c4ccc(C)nc4)c23)c(F)c1. The van der Waals surface area contributed by atoms with Crippen LogP contribution in [0.4, 0.5) is 20.2 Å². The van der Waals surface area contributed by atoms with E-state index in [0.717, 1.165) is 22.9 Å². The minimum absolute atomic E-state index is 0.0773. The Morgan fingerprint density at radius 3 is 2.26 bits per heavy atom. The first-order chi connectivity index (χ1) is 20.2. The Balaban J connectivity index is 1.36. The van der Waals surface area contributed by atoms with Crippen molar-refractivity contribution in [2.75, 3.05) is 17.7 Å². The number of halogens is 2. The predicted octanol–water partition coefficient (Wildman–Crippen LogP) is 5.85. The number of aryl methyl sites for hydroxylation is 1. The minimum Gasteiger partial charge on any atom is -0.452 e. The quantitative estimate of drug-likeness (QED) is 0.123. The van der Waals surface area contributed by atoms with Gasteiger partial charge in [-0.2, -0.15) is 5.10 Å². The van der Waals surface area contributed by atoms with Gasteiger partial charge in [-0.25, -0.2) is 13.3 Å². The summed E-state index contributed by atoms with van der Waals surface area (Å²) in [6.07, 6.45) is 5.07. The predicted molar refractivity (Wildman–Crippen MR) is 155 cm³/mol. The number of hydrogen-bond acceptors (Lipinski definition) is 6. The molecule has 3 N–H and O–H groups in total. The molecule has 5 rings (SSSR count). The normalized spacial score (nSPS) is 11.5. The summed E-state index contributed by atoms with van der Waals surface area (Å²) in [5, 5.41) is 12.2. The number of nitrogens with zero attached hydrogens (tertiary/aromatic N) is 3. The topological polar surface area (TPSA) is 110 Å². The van der Waals surface area contributed by atoms with Gasteiger partial charge in [0, 0.05) is 65.5 Å². The van der Waals surface area contributed by atoms with Crippen molar-refractivity contribution in [3.63, 3.8) is 0 Å². The summed E-state index contributed by atoms with van der Waals surface area (Å²) < 4.78 is 36.1. The molecular weight excluding hydrogens is 542 g/mol. The number of amides is 2. The van der Waals surface area contributed by atoms with Crippen LogP contribution in [0, 0.1) is 18.6 Å². The van der Waals surface area contributed by atoms with Crippen LogP contribution >= 0.6 is 0 Å². The van der Waals surface area contributed by atoms with Crippen molar-refractivity contribution in [1.82, 2.24) is 19.9 Å². The van der Waals surface area contributed by atoms with E-state index in [1.165, 1.54) is 36.4 Å². The number of ether oxygens (including phenoxy) is 1. The Hall–Kier alpha value is -5.58. The molecule has 0 saturated carbocycles. The van der Waals surface area contributed by atoms with Crippen molar-refractivity contribution in [2.45, 2.75) is 13.8 Å². The number of anilines is 2. The zero-order chi connectivity index (χ0) is 29.8. The molecule has 212 valence electrons. The van der Waals surface area contributed by atoms with E-state index in [0.29, 0.717) is 17.0 Å². The van der Waals surface area contributed by atoms with Gasteiger partial charge in [0.2, 0.25) is 0 Å². The second kappa shape index (κ2) is 11.9. The molecule has 0 aliphatic carbocycles. The fraction of sp³-hybridized carbons (Fsp3) is 0.0968. The summed E-state index contributed by atoms with van der Waals surface area (Å²) in [7, 11) is 1.56. The molecule has 2 aromatic carbocycles. The molecule has 0 bridgehead atoms. The highest BCUT2D eigenvalue weighted by atomic mass is 19.1. The first-order valence-corrected chi connectivity index (χ1v) is 12.9. The molecule has 9 nitrogen and oxygen atoms in total. The average Bonchev–Trinajstić information content (AvgIpc) is 3.41. The zero-order valence-corrected chi connectivity index (χ0v) is 22.9. The van der Waals surface area contributed by atoms with E-state index in [4.69, 9.17) is 4.74 Å². The molecule has 3 aromatic heterocycles. The summed E-state index contributed by atoms with van der Waals surface area (Å²) in [5.74, 6) is -2.40. The second-order valence-electron chi connectivity index (χ2n) is 9.32. The zero-order valence-electron chi connectivity index (χ0n) is 22.9. The molecular formula is C31H26F2N6O3. The van der Waals surface area contributed by atoms with Gasteiger partial charge in [0.1, 0.15) is 16.9 Å². The Bertz CT molecular complexity index is 1820. The van der Waals surface area contributed by atoms with Crippen LogP contribution in [0.1, 0.15) is 12.6 Å². The van der Waals surface area contributed by atoms with Crippen LogP contribution in [0.15, 0.2) is 96.6 Å². The molecule has 42 heavy (non-hydrogen) atoms. The lowest BCUT2D eigenvalue weighted by Crippen LogP contribution is -2.29. The first-order valence-electron chi connectivity index (χ1n) is 12.9. The third-order valence-electron chi connectivity index (χ3n) is 6.46. The highest BCUT2D eigenvalue weighted by Gasteiger charge is 2.22. The van der Waals surface area contributed by atoms with Crippen molar-refractivity contribution in [1.29, 1.82) is 0 Å². The molecule has 0 spiro atoms. The van der Waals surface area contributed by atoms with Crippen LogP contribution in [0.5, 0.6) is 11.5 Å². The highest BCUT2D eigenvalue weighted by molar-refractivity contribution is 6.26. The second-order valence-corrected chi connectivity index (χ2v) is 9.32. The molecule has 0 aliphatic rings. The molecule has 0 unspecified atom stereocenters. The van der Waals surface area contributed by atoms with E-state index in [1.54, 1.807) is 43.1 Å². The number of nitrogens with one attached hydrogen (secondary N) is 3. The number of pyridine rings is 1. The van der Waals surface area contributed by atoms with Gasteiger partial charge in [-0.1, -0.05) is 6.07 Å². The third-order valence-corrected chi connectivity index (χ3v) is 6.46. The van der Waals surface area contributed by atoms with Crippen molar-refractivity contribution in [2.24, 2.45) is 0 Å². The maximum Gasteiger partial charge on any atom is 0.263 e. The number of allylic oxidation sites excluding steroid dienone is 1. The molecule has 5 aromatic rings. The van der Waals surface area contributed by atoms with E-state index in [9.17, 15) is 14.0 Å². The van der Waals surface area contributed by atoms with Crippen LogP contribution in [-0.2, 0) is 9.59 Å². The van der Waals surface area contributed by atoms with Crippen LogP contribution < -0.4 is 20.7 Å². The number of rotatable bonds is 8. The number of hydrogen-bond donors (Lipinski definition) is 3. The van der Waals surface area contributed by atoms with E-state index >= 15 is 4.39 Å². The largest absolute Gasteiger partial charge is 0.452 e. The Morgan fingerprint density at radius 1 is 0.881 bits per heavy atom. The summed E-state index contributed by atoms with van der Waals surface area (Å²) >= 11 is 0. The molecule has 0 aliphatic heterocycles. The summed E-state index contributed by atoms with van der Waals surface area (Å²) in [5.41, 5.74) is 3.63. The van der Waals surface area contributed by atoms with Crippen molar-refractivity contribution in [3.8, 4) is 22.6 Å². The first kappa shape index (κ1) is 28.0. The van der Waals surface area contributed by atoms with Crippen LogP contribution in [0.3, 0.4) is 0 Å². The number of benzene rings is 2. The van der Waals surface area contributed by atoms with Gasteiger partial charge in [-0.05, 0) is 62.4 Å². The monoisotopic (exact) mass is 568 g/mol.